The molecule has 1 saturated heterocycles. The zero-order valence-corrected chi connectivity index (χ0v) is 26.2. The summed E-state index contributed by atoms with van der Waals surface area (Å²) in [5.41, 5.74) is 3.09. The van der Waals surface area contributed by atoms with Crippen molar-refractivity contribution >= 4 is 51.4 Å². The molecule has 0 atom stereocenters. The number of ether oxygens (including phenoxy) is 1. The van der Waals surface area contributed by atoms with Gasteiger partial charge in [-0.3, -0.25) is 19.3 Å². The van der Waals surface area contributed by atoms with Crippen molar-refractivity contribution in [1.82, 2.24) is 15.5 Å². The molecule has 0 saturated carbocycles. The minimum absolute atomic E-state index is 0. The number of likely N-dealkylation sites (tertiary alicyclic amines) is 1. The molecule has 0 unspecified atom stereocenters. The fraction of sp³-hybridized carbons (Fsp3) is 0.324. The smallest absolute Gasteiger partial charge is 0.251 e. The van der Waals surface area contributed by atoms with E-state index in [0.29, 0.717) is 42.0 Å². The second kappa shape index (κ2) is 15.1. The molecule has 1 aliphatic rings. The zero-order valence-electron chi connectivity index (χ0n) is 24.6. The Morgan fingerprint density at radius 3 is 2.05 bits per heavy atom. The highest BCUT2D eigenvalue weighted by atomic mass is 35.5. The lowest BCUT2D eigenvalue weighted by Gasteiger charge is -2.26. The molecule has 0 spiro atoms. The van der Waals surface area contributed by atoms with Gasteiger partial charge < -0.3 is 15.4 Å². The lowest BCUT2D eigenvalue weighted by atomic mass is 9.96. The third-order valence-corrected chi connectivity index (χ3v) is 8.71. The quantitative estimate of drug-likeness (QED) is 0.185. The van der Waals surface area contributed by atoms with Crippen molar-refractivity contribution in [3.8, 4) is 16.2 Å². The van der Waals surface area contributed by atoms with E-state index >= 15 is 0 Å². The fourth-order valence-corrected chi connectivity index (χ4v) is 6.53. The molecule has 43 heavy (non-hydrogen) atoms. The summed E-state index contributed by atoms with van der Waals surface area (Å²) in [6.07, 6.45) is 3.81. The maximum atomic E-state index is 14.0. The van der Waals surface area contributed by atoms with E-state index in [0.717, 1.165) is 45.9 Å². The highest BCUT2D eigenvalue weighted by Crippen LogP contribution is 2.40. The van der Waals surface area contributed by atoms with Gasteiger partial charge in [0.15, 0.2) is 5.78 Å². The van der Waals surface area contributed by atoms with Crippen LogP contribution in [-0.4, -0.2) is 61.8 Å². The molecule has 1 aliphatic heterocycles. The molecule has 2 N–H and O–H groups in total. The van der Waals surface area contributed by atoms with Gasteiger partial charge in [0.2, 0.25) is 0 Å². The van der Waals surface area contributed by atoms with E-state index in [9.17, 15) is 14.4 Å². The van der Waals surface area contributed by atoms with Crippen LogP contribution in [0, 0.1) is 0 Å². The molecule has 9 heteroatoms. The van der Waals surface area contributed by atoms with Crippen LogP contribution in [-0.2, 0) is 0 Å². The first-order chi connectivity index (χ1) is 20.5. The number of ketones is 1. The number of halogens is 1. The van der Waals surface area contributed by atoms with E-state index in [4.69, 9.17) is 4.74 Å². The minimum Gasteiger partial charge on any atom is -0.492 e. The Balaban J connectivity index is 0.00000423. The van der Waals surface area contributed by atoms with Crippen molar-refractivity contribution in [1.29, 1.82) is 0 Å². The molecule has 4 aromatic rings. The fourth-order valence-electron chi connectivity index (χ4n) is 5.29. The molecule has 1 fully saturated rings. The number of fused-ring (bicyclic) bond motifs is 1. The predicted molar refractivity (Wildman–Crippen MR) is 176 cm³/mol. The van der Waals surface area contributed by atoms with Gasteiger partial charge in [-0.15, -0.1) is 23.7 Å². The van der Waals surface area contributed by atoms with Crippen LogP contribution < -0.4 is 15.4 Å². The van der Waals surface area contributed by atoms with Gasteiger partial charge in [-0.1, -0.05) is 24.6 Å². The summed E-state index contributed by atoms with van der Waals surface area (Å²) in [5.74, 6) is 0.354. The number of hydrogen-bond donors (Lipinski definition) is 2. The predicted octanol–water partition coefficient (Wildman–Crippen LogP) is 6.59. The number of nitrogens with zero attached hydrogens (tertiary/aromatic N) is 1. The molecule has 2 amide bonds. The number of thiophene rings is 1. The first-order valence-corrected chi connectivity index (χ1v) is 15.5. The second-order valence-electron chi connectivity index (χ2n) is 10.4. The SMILES string of the molecule is CCNC(=O)c1ccc(-c2sc3cc(C(=O)NCC)ccc3c2C(=O)c2ccc(OCCN3CCCCC3)cc2)cc1.Cl. The van der Waals surface area contributed by atoms with Gasteiger partial charge in [0.1, 0.15) is 12.4 Å². The Morgan fingerprint density at radius 1 is 0.791 bits per heavy atom. The normalized spacial score (nSPS) is 13.3. The number of nitrogens with one attached hydrogen (secondary N) is 2. The van der Waals surface area contributed by atoms with Crippen LogP contribution in [0.4, 0.5) is 0 Å². The summed E-state index contributed by atoms with van der Waals surface area (Å²) in [7, 11) is 0. The van der Waals surface area contributed by atoms with E-state index in [1.54, 1.807) is 18.2 Å². The monoisotopic (exact) mass is 619 g/mol. The molecule has 3 aromatic carbocycles. The van der Waals surface area contributed by atoms with Crippen LogP contribution in [0.3, 0.4) is 0 Å². The summed E-state index contributed by atoms with van der Waals surface area (Å²) in [6.45, 7) is 8.63. The molecular formula is C34H38ClN3O4S. The zero-order chi connectivity index (χ0) is 29.5. The van der Waals surface area contributed by atoms with Gasteiger partial charge >= 0.3 is 0 Å². The van der Waals surface area contributed by atoms with Crippen LogP contribution in [0.5, 0.6) is 5.75 Å². The number of hydrogen-bond acceptors (Lipinski definition) is 6. The van der Waals surface area contributed by atoms with Crippen LogP contribution in [0.2, 0.25) is 0 Å². The van der Waals surface area contributed by atoms with Crippen molar-refractivity contribution in [2.45, 2.75) is 33.1 Å². The number of piperidine rings is 1. The average molecular weight is 620 g/mol. The highest BCUT2D eigenvalue weighted by molar-refractivity contribution is 7.22. The Labute approximate surface area is 263 Å². The summed E-state index contributed by atoms with van der Waals surface area (Å²) in [5, 5.41) is 6.45. The summed E-state index contributed by atoms with van der Waals surface area (Å²) in [6, 6.07) is 20.1. The Bertz CT molecular complexity index is 1560. The number of rotatable bonds is 11. The molecule has 5 rings (SSSR count). The lowest BCUT2D eigenvalue weighted by molar-refractivity contribution is 0.0947. The number of amides is 2. The topological polar surface area (TPSA) is 87.7 Å². The van der Waals surface area contributed by atoms with Crippen molar-refractivity contribution in [3.63, 3.8) is 0 Å². The van der Waals surface area contributed by atoms with Gasteiger partial charge in [-0.25, -0.2) is 0 Å². The van der Waals surface area contributed by atoms with E-state index in [-0.39, 0.29) is 30.0 Å². The van der Waals surface area contributed by atoms with E-state index in [1.165, 1.54) is 30.6 Å². The second-order valence-corrected chi connectivity index (χ2v) is 11.5. The first-order valence-electron chi connectivity index (χ1n) is 14.7. The van der Waals surface area contributed by atoms with Crippen LogP contribution in [0.25, 0.3) is 20.5 Å². The third kappa shape index (κ3) is 7.63. The Hall–Kier alpha value is -3.72. The van der Waals surface area contributed by atoms with E-state index in [2.05, 4.69) is 15.5 Å². The van der Waals surface area contributed by atoms with E-state index < -0.39 is 0 Å². The summed E-state index contributed by atoms with van der Waals surface area (Å²) >= 11 is 1.47. The van der Waals surface area contributed by atoms with Crippen LogP contribution in [0.15, 0.2) is 66.7 Å². The highest BCUT2D eigenvalue weighted by Gasteiger charge is 2.23. The molecule has 0 bridgehead atoms. The third-order valence-electron chi connectivity index (χ3n) is 7.50. The van der Waals surface area contributed by atoms with Crippen LogP contribution in [0.1, 0.15) is 69.7 Å². The molecule has 226 valence electrons. The lowest BCUT2D eigenvalue weighted by Crippen LogP contribution is -2.33. The first kappa shape index (κ1) is 32.2. The van der Waals surface area contributed by atoms with Gasteiger partial charge in [-0.05, 0) is 93.9 Å². The van der Waals surface area contributed by atoms with Crippen molar-refractivity contribution < 1.29 is 19.1 Å². The van der Waals surface area contributed by atoms with Crippen molar-refractivity contribution in [2.24, 2.45) is 0 Å². The molecule has 7 nitrogen and oxygen atoms in total. The largest absolute Gasteiger partial charge is 0.492 e. The number of carbonyl (C=O) groups is 3. The maximum Gasteiger partial charge on any atom is 0.251 e. The van der Waals surface area contributed by atoms with E-state index in [1.807, 2.05) is 62.4 Å². The molecule has 1 aromatic heterocycles. The van der Waals surface area contributed by atoms with Crippen LogP contribution >= 0.6 is 23.7 Å². The van der Waals surface area contributed by atoms with Gasteiger partial charge in [0.25, 0.3) is 11.8 Å². The molecule has 2 heterocycles. The minimum atomic E-state index is -0.149. The number of carbonyl (C=O) groups excluding carboxylic acids is 3. The molecule has 0 radical (unpaired) electrons. The Morgan fingerprint density at radius 2 is 1.40 bits per heavy atom. The summed E-state index contributed by atoms with van der Waals surface area (Å²) < 4.78 is 6.83. The molecule has 0 aliphatic carbocycles. The number of benzene rings is 3. The maximum absolute atomic E-state index is 14.0. The van der Waals surface area contributed by atoms with Gasteiger partial charge in [0.05, 0.1) is 0 Å². The van der Waals surface area contributed by atoms with Gasteiger partial charge in [-0.2, -0.15) is 0 Å². The van der Waals surface area contributed by atoms with Crippen molar-refractivity contribution in [3.05, 3.63) is 89.0 Å². The summed E-state index contributed by atoms with van der Waals surface area (Å²) in [4.78, 5) is 42.1. The molecular weight excluding hydrogens is 582 g/mol. The van der Waals surface area contributed by atoms with Crippen molar-refractivity contribution in [2.75, 3.05) is 39.3 Å². The van der Waals surface area contributed by atoms with Gasteiger partial charge in [0, 0.05) is 56.9 Å². The average Bonchev–Trinajstić information content (AvgIpc) is 3.41. The Kier molecular flexibility index (Phi) is 11.3. The standard InChI is InChI=1S/C34H37N3O4S.ClH/c1-3-35-33(39)25-10-8-24(9-11-25)32-30(28-17-14-26(22-29(28)42-32)34(40)36-4-2)31(38)23-12-15-27(16-13-23)41-21-20-37-18-6-5-7-19-37;/h8-17,22H,3-7,18-21H2,1-2H3,(H,35,39)(H,36,40);1H.